The second-order valence-electron chi connectivity index (χ2n) is 2.50. The van der Waals surface area contributed by atoms with Crippen molar-refractivity contribution in [2.24, 2.45) is 0 Å². The van der Waals surface area contributed by atoms with Crippen LogP contribution in [0.15, 0.2) is 0 Å². The van der Waals surface area contributed by atoms with Gasteiger partial charge in [0.2, 0.25) is 0 Å². The maximum Gasteiger partial charge on any atom is 0.113 e. The Bertz CT molecular complexity index is 72.0. The Morgan fingerprint density at radius 2 is 2.10 bits per heavy atom. The largest absolute Gasteiger partial charge is 0.400 e. The van der Waals surface area contributed by atoms with E-state index in [0.717, 1.165) is 26.5 Å². The second-order valence-corrected chi connectivity index (χ2v) is 2.50. The molecule has 0 radical (unpaired) electrons. The number of hydrogen-bond donors (Lipinski definition) is 1. The number of hydrogen-bond acceptors (Lipinski definition) is 2. The zero-order valence-electron chi connectivity index (χ0n) is 6.68. The Labute approximate surface area is 61.6 Å². The van der Waals surface area contributed by atoms with Crippen molar-refractivity contribution in [1.82, 2.24) is 4.90 Å². The summed E-state index contributed by atoms with van der Waals surface area (Å²) in [5.41, 5.74) is 0. The summed E-state index contributed by atoms with van der Waals surface area (Å²) < 4.78 is 12.4. The van der Waals surface area contributed by atoms with E-state index in [1.165, 1.54) is 0 Å². The Morgan fingerprint density at radius 1 is 1.50 bits per heavy atom. The first-order valence-electron chi connectivity index (χ1n) is 3.56. The molecule has 1 saturated heterocycles. The number of rotatable bonds is 0. The lowest BCUT2D eigenvalue weighted by molar-refractivity contribution is 0.163. The minimum absolute atomic E-state index is 0.561. The van der Waals surface area contributed by atoms with Gasteiger partial charge in [-0.05, 0) is 26.4 Å². The van der Waals surface area contributed by atoms with Crippen LogP contribution >= 0.6 is 0 Å². The highest BCUT2D eigenvalue weighted by Crippen LogP contribution is 2.09. The molecule has 1 fully saturated rings. The van der Waals surface area contributed by atoms with Crippen LogP contribution in [0.4, 0.5) is 4.39 Å². The number of aliphatic hydroxyl groups excluding tert-OH is 1. The number of alkyl halides is 1. The topological polar surface area (TPSA) is 23.5 Å². The summed E-state index contributed by atoms with van der Waals surface area (Å²) in [5.74, 6) is 0. The van der Waals surface area contributed by atoms with Gasteiger partial charge in [0.1, 0.15) is 6.17 Å². The number of piperidine rings is 1. The average Bonchev–Trinajstić information content (AvgIpc) is 1.91. The van der Waals surface area contributed by atoms with E-state index in [1.807, 2.05) is 11.9 Å². The molecule has 0 aromatic rings. The molecule has 1 atom stereocenters. The summed E-state index contributed by atoms with van der Waals surface area (Å²) in [6.07, 6.45) is 1.23. The predicted molar refractivity (Wildman–Crippen MR) is 39.8 cm³/mol. The first-order valence-corrected chi connectivity index (χ1v) is 3.56. The van der Waals surface area contributed by atoms with Crippen LogP contribution in [0.1, 0.15) is 12.8 Å². The molecule has 0 bridgehead atoms. The van der Waals surface area contributed by atoms with Crippen LogP contribution in [-0.4, -0.2) is 43.4 Å². The molecule has 1 aliphatic rings. The van der Waals surface area contributed by atoms with Gasteiger partial charge in [0.25, 0.3) is 0 Å². The van der Waals surface area contributed by atoms with Crippen molar-refractivity contribution >= 4 is 0 Å². The summed E-state index contributed by atoms with van der Waals surface area (Å²) in [5, 5.41) is 7.00. The molecule has 0 aliphatic carbocycles. The average molecular weight is 149 g/mol. The van der Waals surface area contributed by atoms with E-state index in [-0.39, 0.29) is 0 Å². The Kier molecular flexibility index (Phi) is 5.54. The van der Waals surface area contributed by atoms with Crippen LogP contribution in [0.2, 0.25) is 0 Å². The Morgan fingerprint density at radius 3 is 2.40 bits per heavy atom. The Hall–Kier alpha value is -0.150. The quantitative estimate of drug-likeness (QED) is 0.547. The number of aliphatic hydroxyl groups is 1. The zero-order valence-corrected chi connectivity index (χ0v) is 6.68. The van der Waals surface area contributed by atoms with Crippen molar-refractivity contribution in [3.8, 4) is 0 Å². The predicted octanol–water partition coefficient (Wildman–Crippen LogP) is 0.659. The SMILES string of the molecule is CN1CCCC(F)C1.CO. The fourth-order valence-electron chi connectivity index (χ4n) is 1.10. The van der Waals surface area contributed by atoms with Gasteiger partial charge in [0, 0.05) is 13.7 Å². The van der Waals surface area contributed by atoms with E-state index in [2.05, 4.69) is 0 Å². The molecular weight excluding hydrogens is 133 g/mol. The lowest BCUT2D eigenvalue weighted by Gasteiger charge is -2.24. The highest BCUT2D eigenvalue weighted by Gasteiger charge is 2.14. The molecule has 2 nitrogen and oxygen atoms in total. The van der Waals surface area contributed by atoms with Gasteiger partial charge < -0.3 is 10.0 Å². The fraction of sp³-hybridized carbons (Fsp3) is 1.00. The maximum absolute atomic E-state index is 12.4. The van der Waals surface area contributed by atoms with Crippen LogP contribution < -0.4 is 0 Å². The number of halogens is 1. The minimum Gasteiger partial charge on any atom is -0.400 e. The van der Waals surface area contributed by atoms with Crippen molar-refractivity contribution in [2.75, 3.05) is 27.2 Å². The lowest BCUT2D eigenvalue weighted by atomic mass is 10.1. The van der Waals surface area contributed by atoms with Crippen molar-refractivity contribution in [2.45, 2.75) is 19.0 Å². The Balaban J connectivity index is 0.000000371. The summed E-state index contributed by atoms with van der Waals surface area (Å²) in [4.78, 5) is 2.04. The highest BCUT2D eigenvalue weighted by atomic mass is 19.1. The molecule has 1 heterocycles. The minimum atomic E-state index is -0.561. The van der Waals surface area contributed by atoms with Gasteiger partial charge in [-0.2, -0.15) is 0 Å². The molecule has 0 aromatic carbocycles. The molecule has 1 aliphatic heterocycles. The molecule has 1 rings (SSSR count). The second kappa shape index (κ2) is 5.62. The van der Waals surface area contributed by atoms with Crippen molar-refractivity contribution in [3.63, 3.8) is 0 Å². The van der Waals surface area contributed by atoms with Crippen LogP contribution in [0.5, 0.6) is 0 Å². The van der Waals surface area contributed by atoms with Crippen molar-refractivity contribution in [3.05, 3.63) is 0 Å². The normalized spacial score (nSPS) is 27.0. The van der Waals surface area contributed by atoms with Crippen LogP contribution in [0.25, 0.3) is 0 Å². The van der Waals surface area contributed by atoms with Gasteiger partial charge in [0.15, 0.2) is 0 Å². The summed E-state index contributed by atoms with van der Waals surface area (Å²) in [6, 6.07) is 0. The van der Waals surface area contributed by atoms with E-state index in [9.17, 15) is 4.39 Å². The molecule has 10 heavy (non-hydrogen) atoms. The van der Waals surface area contributed by atoms with Gasteiger partial charge in [-0.3, -0.25) is 0 Å². The third-order valence-electron chi connectivity index (χ3n) is 1.57. The third-order valence-corrected chi connectivity index (χ3v) is 1.57. The maximum atomic E-state index is 12.4. The van der Waals surface area contributed by atoms with Crippen molar-refractivity contribution in [1.29, 1.82) is 0 Å². The van der Waals surface area contributed by atoms with Gasteiger partial charge >= 0.3 is 0 Å². The smallest absolute Gasteiger partial charge is 0.113 e. The molecular formula is C7H16FNO. The summed E-state index contributed by atoms with van der Waals surface area (Å²) in [7, 11) is 2.96. The standard InChI is InChI=1S/C6H12FN.CH4O/c1-8-4-2-3-6(7)5-8;1-2/h6H,2-5H2,1H3;2H,1H3. The monoisotopic (exact) mass is 149 g/mol. The molecule has 3 heteroatoms. The summed E-state index contributed by atoms with van der Waals surface area (Å²) >= 11 is 0. The summed E-state index contributed by atoms with van der Waals surface area (Å²) in [6.45, 7) is 1.71. The first kappa shape index (κ1) is 9.85. The molecule has 0 amide bonds. The van der Waals surface area contributed by atoms with Crippen LogP contribution in [-0.2, 0) is 0 Å². The fourth-order valence-corrected chi connectivity index (χ4v) is 1.10. The van der Waals surface area contributed by atoms with E-state index in [0.29, 0.717) is 6.54 Å². The van der Waals surface area contributed by atoms with Crippen LogP contribution in [0.3, 0.4) is 0 Å². The van der Waals surface area contributed by atoms with E-state index < -0.39 is 6.17 Å². The van der Waals surface area contributed by atoms with Gasteiger partial charge in [-0.15, -0.1) is 0 Å². The van der Waals surface area contributed by atoms with Crippen molar-refractivity contribution < 1.29 is 9.50 Å². The number of nitrogens with zero attached hydrogens (tertiary/aromatic N) is 1. The van der Waals surface area contributed by atoms with E-state index in [1.54, 1.807) is 0 Å². The zero-order chi connectivity index (χ0) is 7.98. The molecule has 0 spiro atoms. The number of likely N-dealkylation sites (tertiary alicyclic amines) is 1. The van der Waals surface area contributed by atoms with Gasteiger partial charge in [-0.1, -0.05) is 0 Å². The molecule has 62 valence electrons. The van der Waals surface area contributed by atoms with Gasteiger partial charge in [-0.25, -0.2) is 4.39 Å². The molecule has 1 unspecified atom stereocenters. The van der Waals surface area contributed by atoms with Gasteiger partial charge in [0.05, 0.1) is 0 Å². The molecule has 1 N–H and O–H groups in total. The lowest BCUT2D eigenvalue weighted by Crippen LogP contribution is -2.32. The highest BCUT2D eigenvalue weighted by molar-refractivity contribution is 4.68. The molecule has 0 saturated carbocycles. The third kappa shape index (κ3) is 3.80. The van der Waals surface area contributed by atoms with Crippen LogP contribution in [0, 0.1) is 0 Å². The molecule has 0 aromatic heterocycles. The van der Waals surface area contributed by atoms with E-state index in [4.69, 9.17) is 5.11 Å². The van der Waals surface area contributed by atoms with E-state index >= 15 is 0 Å². The first-order chi connectivity index (χ1) is 4.79.